The van der Waals surface area contributed by atoms with Crippen LogP contribution in [0.15, 0.2) is 42.7 Å². The van der Waals surface area contributed by atoms with Crippen molar-refractivity contribution < 1.29 is 13.9 Å². The summed E-state index contributed by atoms with van der Waals surface area (Å²) in [5, 5.41) is 7.29. The van der Waals surface area contributed by atoms with E-state index in [1.54, 1.807) is 32.6 Å². The van der Waals surface area contributed by atoms with E-state index < -0.39 is 12.1 Å². The molecule has 0 saturated heterocycles. The highest BCUT2D eigenvalue weighted by molar-refractivity contribution is 5.99. The third-order valence-corrected chi connectivity index (χ3v) is 4.74. The van der Waals surface area contributed by atoms with Gasteiger partial charge in [-0.3, -0.25) is 4.79 Å². The molecule has 1 amide bonds. The van der Waals surface area contributed by atoms with Gasteiger partial charge in [0.25, 0.3) is 0 Å². The zero-order valence-electron chi connectivity index (χ0n) is 16.0. The van der Waals surface area contributed by atoms with Crippen molar-refractivity contribution in [2.45, 2.75) is 12.6 Å². The minimum atomic E-state index is -1.05. The van der Waals surface area contributed by atoms with Crippen LogP contribution in [0.3, 0.4) is 0 Å². The Morgan fingerprint density at radius 1 is 1.17 bits per heavy atom. The molecule has 1 aromatic carbocycles. The van der Waals surface area contributed by atoms with Gasteiger partial charge in [-0.15, -0.1) is 0 Å². The third-order valence-electron chi connectivity index (χ3n) is 4.74. The van der Waals surface area contributed by atoms with Gasteiger partial charge in [0.05, 0.1) is 18.6 Å². The number of carbonyl (C=O) groups is 1. The lowest BCUT2D eigenvalue weighted by molar-refractivity contribution is -0.117. The number of fused-ring (bicyclic) bond motifs is 1. The molecule has 0 unspecified atom stereocenters. The highest BCUT2D eigenvalue weighted by Crippen LogP contribution is 2.35. The minimum Gasteiger partial charge on any atom is -0.497 e. The Morgan fingerprint density at radius 3 is 2.59 bits per heavy atom. The van der Waals surface area contributed by atoms with Crippen LogP contribution in [0.2, 0.25) is 0 Å². The van der Waals surface area contributed by atoms with Crippen LogP contribution in [0.4, 0.5) is 16.0 Å². The molecule has 146 valence electrons. The first-order valence-electron chi connectivity index (χ1n) is 9.16. The van der Waals surface area contributed by atoms with Gasteiger partial charge in [0, 0.05) is 35.8 Å². The Bertz CT molecular complexity index is 1140. The summed E-state index contributed by atoms with van der Waals surface area (Å²) < 4.78 is 18.3. The smallest absolute Gasteiger partial charge is 0.231 e. The van der Waals surface area contributed by atoms with Gasteiger partial charge in [0.1, 0.15) is 23.6 Å². The molecule has 2 atom stereocenters. The number of amides is 1. The minimum absolute atomic E-state index is 0.270. The molecular formula is C22H19FN4O2. The fourth-order valence-corrected chi connectivity index (χ4v) is 2.97. The van der Waals surface area contributed by atoms with Gasteiger partial charge >= 0.3 is 0 Å². The summed E-state index contributed by atoms with van der Waals surface area (Å²) in [6.07, 6.45) is 2.52. The van der Waals surface area contributed by atoms with Gasteiger partial charge in [-0.05, 0) is 36.8 Å². The van der Waals surface area contributed by atoms with E-state index in [2.05, 4.69) is 32.4 Å². The number of aromatic nitrogens is 2. The number of rotatable bonds is 4. The van der Waals surface area contributed by atoms with Crippen molar-refractivity contribution in [1.29, 1.82) is 0 Å². The third kappa shape index (κ3) is 3.97. The molecule has 0 spiro atoms. The first-order chi connectivity index (χ1) is 14.1. The fraction of sp³-hybridized carbons (Fsp3) is 0.227. The van der Waals surface area contributed by atoms with Crippen molar-refractivity contribution in [3.8, 4) is 17.6 Å². The van der Waals surface area contributed by atoms with Crippen LogP contribution in [0.1, 0.15) is 17.5 Å². The molecule has 0 aliphatic heterocycles. The Kier molecular flexibility index (Phi) is 5.00. The van der Waals surface area contributed by atoms with Gasteiger partial charge in [-0.2, -0.15) is 0 Å². The van der Waals surface area contributed by atoms with E-state index in [0.717, 1.165) is 22.1 Å². The summed E-state index contributed by atoms with van der Waals surface area (Å²) in [5.41, 5.74) is 1.53. The van der Waals surface area contributed by atoms with Crippen LogP contribution in [0.5, 0.6) is 5.75 Å². The van der Waals surface area contributed by atoms with Crippen LogP contribution < -0.4 is 15.4 Å². The van der Waals surface area contributed by atoms with Gasteiger partial charge in [-0.1, -0.05) is 11.8 Å². The molecule has 7 heteroatoms. The van der Waals surface area contributed by atoms with E-state index >= 15 is 0 Å². The number of carbonyl (C=O) groups excluding carboxylic acids is 1. The van der Waals surface area contributed by atoms with Gasteiger partial charge < -0.3 is 15.4 Å². The molecule has 0 radical (unpaired) electrons. The molecule has 0 bridgehead atoms. The average Bonchev–Trinajstić information content (AvgIpc) is 3.49. The molecule has 6 nitrogen and oxygen atoms in total. The molecule has 3 aromatic rings. The summed E-state index contributed by atoms with van der Waals surface area (Å²) in [5.74, 6) is 7.11. The largest absolute Gasteiger partial charge is 0.497 e. The summed E-state index contributed by atoms with van der Waals surface area (Å²) in [6, 6.07) is 9.18. The topological polar surface area (TPSA) is 76.1 Å². The second-order valence-corrected chi connectivity index (χ2v) is 6.71. The lowest BCUT2D eigenvalue weighted by atomic mass is 10.1. The van der Waals surface area contributed by atoms with Crippen molar-refractivity contribution in [2.75, 3.05) is 24.8 Å². The number of hydrogen-bond acceptors (Lipinski definition) is 5. The highest BCUT2D eigenvalue weighted by Gasteiger charge is 2.43. The maximum atomic E-state index is 13.1. The monoisotopic (exact) mass is 390 g/mol. The SMILES string of the molecule is CNc1ncc(C#Cc2ccc(OC)cc2)c2cc(NC(=O)[C@@H]3C[C@@H]3F)ncc12. The van der Waals surface area contributed by atoms with Crippen LogP contribution in [-0.2, 0) is 4.79 Å². The average molecular weight is 390 g/mol. The molecule has 1 saturated carbocycles. The molecule has 4 rings (SSSR count). The van der Waals surface area contributed by atoms with Crippen LogP contribution in [0.25, 0.3) is 10.8 Å². The Labute approximate surface area is 167 Å². The molecule has 2 heterocycles. The number of nitrogens with zero attached hydrogens (tertiary/aromatic N) is 2. The molecule has 2 N–H and O–H groups in total. The molecule has 1 aliphatic carbocycles. The number of alkyl halides is 1. The van der Waals surface area contributed by atoms with Crippen molar-refractivity contribution in [2.24, 2.45) is 5.92 Å². The van der Waals surface area contributed by atoms with Crippen molar-refractivity contribution >= 4 is 28.3 Å². The second kappa shape index (κ2) is 7.76. The first kappa shape index (κ1) is 18.7. The zero-order valence-corrected chi connectivity index (χ0v) is 16.0. The number of ether oxygens (including phenoxy) is 1. The predicted molar refractivity (Wildman–Crippen MR) is 110 cm³/mol. The first-order valence-corrected chi connectivity index (χ1v) is 9.16. The van der Waals surface area contributed by atoms with E-state index in [1.165, 1.54) is 0 Å². The van der Waals surface area contributed by atoms with E-state index in [0.29, 0.717) is 17.2 Å². The van der Waals surface area contributed by atoms with Crippen molar-refractivity contribution in [3.63, 3.8) is 0 Å². The Morgan fingerprint density at radius 2 is 1.93 bits per heavy atom. The number of methoxy groups -OCH3 is 1. The standard InChI is InChI=1S/C22H19FN4O2/c1-24-21-18-12-25-20(27-22(28)17-9-19(17)23)10-16(18)14(11-26-21)6-3-13-4-7-15(29-2)8-5-13/h4-5,7-8,10-12,17,19H,9H2,1-2H3,(H,24,26)(H,25,27,28)/t17-,19+/m1/s1. The second-order valence-electron chi connectivity index (χ2n) is 6.71. The van der Waals surface area contributed by atoms with Gasteiger partial charge in [0.15, 0.2) is 0 Å². The Hall–Kier alpha value is -3.66. The fourth-order valence-electron chi connectivity index (χ4n) is 2.97. The molecule has 29 heavy (non-hydrogen) atoms. The van der Waals surface area contributed by atoms with E-state index in [9.17, 15) is 9.18 Å². The number of anilines is 2. The van der Waals surface area contributed by atoms with E-state index in [1.807, 2.05) is 24.3 Å². The summed E-state index contributed by atoms with van der Waals surface area (Å²) in [6.45, 7) is 0. The maximum absolute atomic E-state index is 13.1. The number of halogens is 1. The summed E-state index contributed by atoms with van der Waals surface area (Å²) in [7, 11) is 3.39. The molecular weight excluding hydrogens is 371 g/mol. The zero-order chi connectivity index (χ0) is 20.4. The number of benzene rings is 1. The molecule has 2 aromatic heterocycles. The number of nitrogens with one attached hydrogen (secondary N) is 2. The van der Waals surface area contributed by atoms with Gasteiger partial charge in [-0.25, -0.2) is 14.4 Å². The summed E-state index contributed by atoms with van der Waals surface area (Å²) >= 11 is 0. The van der Waals surface area contributed by atoms with E-state index in [4.69, 9.17) is 4.74 Å². The summed E-state index contributed by atoms with van der Waals surface area (Å²) in [4.78, 5) is 20.7. The molecule has 1 aliphatic rings. The number of pyridine rings is 2. The lowest BCUT2D eigenvalue weighted by Crippen LogP contribution is -2.15. The lowest BCUT2D eigenvalue weighted by Gasteiger charge is -2.09. The quantitative estimate of drug-likeness (QED) is 0.668. The van der Waals surface area contributed by atoms with Gasteiger partial charge in [0.2, 0.25) is 5.91 Å². The van der Waals surface area contributed by atoms with Crippen LogP contribution in [-0.4, -0.2) is 36.2 Å². The van der Waals surface area contributed by atoms with Crippen molar-refractivity contribution in [3.05, 3.63) is 53.9 Å². The maximum Gasteiger partial charge on any atom is 0.231 e. The number of hydrogen-bond donors (Lipinski definition) is 2. The predicted octanol–water partition coefficient (Wildman–Crippen LogP) is 3.38. The normalized spacial score (nSPS) is 17.2. The van der Waals surface area contributed by atoms with Crippen molar-refractivity contribution in [1.82, 2.24) is 9.97 Å². The van der Waals surface area contributed by atoms with Crippen LogP contribution >= 0.6 is 0 Å². The molecule has 1 fully saturated rings. The highest BCUT2D eigenvalue weighted by atomic mass is 19.1. The van der Waals surface area contributed by atoms with E-state index in [-0.39, 0.29) is 12.3 Å². The Balaban J connectivity index is 1.69. The van der Waals surface area contributed by atoms with Crippen LogP contribution in [0, 0.1) is 17.8 Å².